The SMILES string of the molecule is NC(=NCc1cccc(Cl)c1)c1ncccc1N. The summed E-state index contributed by atoms with van der Waals surface area (Å²) in [6.07, 6.45) is 1.63. The van der Waals surface area contributed by atoms with Gasteiger partial charge in [0.05, 0.1) is 12.2 Å². The fourth-order valence-corrected chi connectivity index (χ4v) is 1.73. The molecular formula is C13H13ClN4. The van der Waals surface area contributed by atoms with Crippen LogP contribution in [0.25, 0.3) is 0 Å². The van der Waals surface area contributed by atoms with Gasteiger partial charge < -0.3 is 11.5 Å². The van der Waals surface area contributed by atoms with E-state index in [1.807, 2.05) is 24.3 Å². The Bertz CT molecular complexity index is 581. The number of benzene rings is 1. The number of aromatic nitrogens is 1. The second-order valence-corrected chi connectivity index (χ2v) is 4.21. The Kier molecular flexibility index (Phi) is 3.79. The molecule has 0 aliphatic rings. The Labute approximate surface area is 110 Å². The van der Waals surface area contributed by atoms with E-state index >= 15 is 0 Å². The average molecular weight is 261 g/mol. The molecule has 1 heterocycles. The zero-order chi connectivity index (χ0) is 13.0. The second kappa shape index (κ2) is 5.51. The molecule has 0 bridgehead atoms. The minimum Gasteiger partial charge on any atom is -0.397 e. The molecule has 2 rings (SSSR count). The van der Waals surface area contributed by atoms with Crippen molar-refractivity contribution in [2.45, 2.75) is 6.54 Å². The lowest BCUT2D eigenvalue weighted by Gasteiger charge is -2.03. The van der Waals surface area contributed by atoms with Crippen LogP contribution in [0.3, 0.4) is 0 Å². The van der Waals surface area contributed by atoms with E-state index in [1.165, 1.54) is 0 Å². The molecule has 0 amide bonds. The third-order valence-corrected chi connectivity index (χ3v) is 2.64. The monoisotopic (exact) mass is 260 g/mol. The predicted octanol–water partition coefficient (Wildman–Crippen LogP) is 2.22. The molecule has 1 aromatic heterocycles. The Morgan fingerprint density at radius 2 is 2.11 bits per heavy atom. The molecule has 0 atom stereocenters. The van der Waals surface area contributed by atoms with Crippen molar-refractivity contribution in [3.8, 4) is 0 Å². The first-order chi connectivity index (χ1) is 8.66. The number of halogens is 1. The van der Waals surface area contributed by atoms with Crippen molar-refractivity contribution in [1.29, 1.82) is 0 Å². The van der Waals surface area contributed by atoms with Crippen LogP contribution in [0.1, 0.15) is 11.3 Å². The zero-order valence-electron chi connectivity index (χ0n) is 9.68. The third kappa shape index (κ3) is 2.99. The van der Waals surface area contributed by atoms with Crippen LogP contribution in [-0.2, 0) is 6.54 Å². The lowest BCUT2D eigenvalue weighted by atomic mass is 10.2. The third-order valence-electron chi connectivity index (χ3n) is 2.40. The van der Waals surface area contributed by atoms with Crippen LogP contribution in [0.2, 0.25) is 5.02 Å². The Balaban J connectivity index is 2.17. The predicted molar refractivity (Wildman–Crippen MR) is 74.5 cm³/mol. The fourth-order valence-electron chi connectivity index (χ4n) is 1.52. The highest BCUT2D eigenvalue weighted by Gasteiger charge is 2.04. The van der Waals surface area contributed by atoms with Gasteiger partial charge in [-0.05, 0) is 29.8 Å². The Morgan fingerprint density at radius 3 is 2.83 bits per heavy atom. The molecule has 92 valence electrons. The number of nitrogens with zero attached hydrogens (tertiary/aromatic N) is 2. The highest BCUT2D eigenvalue weighted by atomic mass is 35.5. The number of anilines is 1. The molecule has 4 nitrogen and oxygen atoms in total. The molecule has 1 aromatic carbocycles. The van der Waals surface area contributed by atoms with Crippen LogP contribution in [0, 0.1) is 0 Å². The summed E-state index contributed by atoms with van der Waals surface area (Å²) in [5.74, 6) is 0.327. The Hall–Kier alpha value is -2.07. The summed E-state index contributed by atoms with van der Waals surface area (Å²) < 4.78 is 0. The van der Waals surface area contributed by atoms with E-state index in [0.717, 1.165) is 5.56 Å². The fraction of sp³-hybridized carbons (Fsp3) is 0.0769. The van der Waals surface area contributed by atoms with Gasteiger partial charge in [-0.25, -0.2) is 0 Å². The van der Waals surface area contributed by atoms with Gasteiger partial charge in [0.2, 0.25) is 0 Å². The lowest BCUT2D eigenvalue weighted by Crippen LogP contribution is -2.17. The highest BCUT2D eigenvalue weighted by molar-refractivity contribution is 6.30. The van der Waals surface area contributed by atoms with E-state index in [2.05, 4.69) is 9.98 Å². The molecule has 18 heavy (non-hydrogen) atoms. The van der Waals surface area contributed by atoms with Crippen molar-refractivity contribution in [2.75, 3.05) is 5.73 Å². The molecule has 0 saturated heterocycles. The molecule has 0 saturated carbocycles. The van der Waals surface area contributed by atoms with E-state index in [0.29, 0.717) is 28.8 Å². The van der Waals surface area contributed by atoms with Gasteiger partial charge in [0.15, 0.2) is 0 Å². The summed E-state index contributed by atoms with van der Waals surface area (Å²) in [5.41, 5.74) is 13.6. The van der Waals surface area contributed by atoms with E-state index in [-0.39, 0.29) is 0 Å². The van der Waals surface area contributed by atoms with Crippen LogP contribution in [0.15, 0.2) is 47.6 Å². The zero-order valence-corrected chi connectivity index (χ0v) is 10.4. The number of pyridine rings is 1. The molecule has 0 unspecified atom stereocenters. The minimum atomic E-state index is 0.327. The quantitative estimate of drug-likeness (QED) is 0.656. The molecule has 0 aliphatic carbocycles. The number of hydrogen-bond donors (Lipinski definition) is 2. The number of rotatable bonds is 3. The maximum absolute atomic E-state index is 5.89. The maximum atomic E-state index is 5.89. The van der Waals surface area contributed by atoms with Crippen molar-refractivity contribution < 1.29 is 0 Å². The van der Waals surface area contributed by atoms with Crippen LogP contribution >= 0.6 is 11.6 Å². The van der Waals surface area contributed by atoms with Gasteiger partial charge in [-0.1, -0.05) is 23.7 Å². The van der Waals surface area contributed by atoms with Crippen LogP contribution in [-0.4, -0.2) is 10.8 Å². The first kappa shape index (κ1) is 12.4. The van der Waals surface area contributed by atoms with Gasteiger partial charge >= 0.3 is 0 Å². The topological polar surface area (TPSA) is 77.3 Å². The summed E-state index contributed by atoms with van der Waals surface area (Å²) >= 11 is 5.89. The number of amidine groups is 1. The van der Waals surface area contributed by atoms with Crippen molar-refractivity contribution in [1.82, 2.24) is 4.98 Å². The van der Waals surface area contributed by atoms with Crippen LogP contribution < -0.4 is 11.5 Å². The number of nitrogen functional groups attached to an aromatic ring is 1. The van der Waals surface area contributed by atoms with Crippen molar-refractivity contribution in [3.63, 3.8) is 0 Å². The maximum Gasteiger partial charge on any atom is 0.147 e. The van der Waals surface area contributed by atoms with Gasteiger partial charge in [-0.2, -0.15) is 0 Å². The molecule has 4 N–H and O–H groups in total. The van der Waals surface area contributed by atoms with E-state index < -0.39 is 0 Å². The summed E-state index contributed by atoms with van der Waals surface area (Å²) in [6, 6.07) is 11.0. The van der Waals surface area contributed by atoms with E-state index in [9.17, 15) is 0 Å². The number of aliphatic imine (C=N–C) groups is 1. The summed E-state index contributed by atoms with van der Waals surface area (Å²) in [4.78, 5) is 8.36. The number of nitrogens with two attached hydrogens (primary N) is 2. The summed E-state index contributed by atoms with van der Waals surface area (Å²) in [6.45, 7) is 0.447. The van der Waals surface area contributed by atoms with Gasteiger partial charge in [-0.15, -0.1) is 0 Å². The molecule has 2 aromatic rings. The molecule has 5 heteroatoms. The first-order valence-corrected chi connectivity index (χ1v) is 5.80. The first-order valence-electron chi connectivity index (χ1n) is 5.42. The van der Waals surface area contributed by atoms with Gasteiger partial charge in [0.1, 0.15) is 11.5 Å². The second-order valence-electron chi connectivity index (χ2n) is 3.77. The van der Waals surface area contributed by atoms with E-state index in [1.54, 1.807) is 18.3 Å². The summed E-state index contributed by atoms with van der Waals surface area (Å²) in [5, 5.41) is 0.679. The van der Waals surface area contributed by atoms with Crippen molar-refractivity contribution in [3.05, 3.63) is 58.9 Å². The Morgan fingerprint density at radius 1 is 1.28 bits per heavy atom. The molecule has 0 aliphatic heterocycles. The van der Waals surface area contributed by atoms with Crippen LogP contribution in [0.4, 0.5) is 5.69 Å². The lowest BCUT2D eigenvalue weighted by molar-refractivity contribution is 1.06. The number of hydrogen-bond acceptors (Lipinski definition) is 3. The van der Waals surface area contributed by atoms with Crippen molar-refractivity contribution >= 4 is 23.1 Å². The molecule has 0 fully saturated rings. The smallest absolute Gasteiger partial charge is 0.147 e. The minimum absolute atomic E-state index is 0.327. The normalized spacial score (nSPS) is 11.5. The molecule has 0 spiro atoms. The average Bonchev–Trinajstić information content (AvgIpc) is 2.37. The molecular weight excluding hydrogens is 248 g/mol. The van der Waals surface area contributed by atoms with E-state index in [4.69, 9.17) is 23.1 Å². The molecule has 0 radical (unpaired) electrons. The standard InChI is InChI=1S/C13H13ClN4/c14-10-4-1-3-9(7-10)8-18-13(16)12-11(15)5-2-6-17-12/h1-7H,8,15H2,(H2,16,18). The van der Waals surface area contributed by atoms with Crippen molar-refractivity contribution in [2.24, 2.45) is 10.7 Å². The van der Waals surface area contributed by atoms with Gasteiger partial charge in [0.25, 0.3) is 0 Å². The van der Waals surface area contributed by atoms with Crippen LogP contribution in [0.5, 0.6) is 0 Å². The van der Waals surface area contributed by atoms with Gasteiger partial charge in [-0.3, -0.25) is 9.98 Å². The van der Waals surface area contributed by atoms with Gasteiger partial charge in [0, 0.05) is 11.2 Å². The summed E-state index contributed by atoms with van der Waals surface area (Å²) in [7, 11) is 0. The highest BCUT2D eigenvalue weighted by Crippen LogP contribution is 2.12. The largest absolute Gasteiger partial charge is 0.397 e.